The summed E-state index contributed by atoms with van der Waals surface area (Å²) in [4.78, 5) is 0. The zero-order valence-corrected chi connectivity index (χ0v) is 10.1. The number of rotatable bonds is 10. The molecule has 0 saturated carbocycles. The van der Waals surface area contributed by atoms with Gasteiger partial charge in [-0.3, -0.25) is 0 Å². The first-order valence-corrected chi connectivity index (χ1v) is 5.85. The molecule has 2 heteroatoms. The highest BCUT2D eigenvalue weighted by atomic mass is 16.7. The summed E-state index contributed by atoms with van der Waals surface area (Å²) >= 11 is 0. The first-order chi connectivity index (χ1) is 7.35. The van der Waals surface area contributed by atoms with Gasteiger partial charge in [0.15, 0.2) is 6.29 Å². The van der Waals surface area contributed by atoms with Crippen molar-refractivity contribution in [2.24, 2.45) is 0 Å². The Morgan fingerprint density at radius 3 is 2.20 bits per heavy atom. The largest absolute Gasteiger partial charge is 0.349 e. The van der Waals surface area contributed by atoms with E-state index in [0.717, 1.165) is 12.8 Å². The summed E-state index contributed by atoms with van der Waals surface area (Å²) in [6.07, 6.45) is 10.5. The fourth-order valence-electron chi connectivity index (χ4n) is 1.25. The van der Waals surface area contributed by atoms with Gasteiger partial charge in [-0.15, -0.1) is 6.58 Å². The van der Waals surface area contributed by atoms with Crippen LogP contribution in [0.1, 0.15) is 39.5 Å². The average Bonchev–Trinajstić information content (AvgIpc) is 2.24. The van der Waals surface area contributed by atoms with Crippen LogP contribution in [0.5, 0.6) is 0 Å². The average molecular weight is 212 g/mol. The number of hydrogen-bond acceptors (Lipinski definition) is 2. The summed E-state index contributed by atoms with van der Waals surface area (Å²) < 4.78 is 10.8. The molecule has 2 nitrogen and oxygen atoms in total. The second kappa shape index (κ2) is 11.5. The Morgan fingerprint density at radius 1 is 1.07 bits per heavy atom. The van der Waals surface area contributed by atoms with Crippen molar-refractivity contribution in [2.45, 2.75) is 45.8 Å². The van der Waals surface area contributed by atoms with Crippen LogP contribution in [0.25, 0.3) is 0 Å². The van der Waals surface area contributed by atoms with Gasteiger partial charge in [-0.1, -0.05) is 12.2 Å². The van der Waals surface area contributed by atoms with Crippen LogP contribution in [0.3, 0.4) is 0 Å². The second-order valence-corrected chi connectivity index (χ2v) is 3.28. The molecule has 0 spiro atoms. The topological polar surface area (TPSA) is 18.5 Å². The van der Waals surface area contributed by atoms with Crippen molar-refractivity contribution in [3.63, 3.8) is 0 Å². The maximum absolute atomic E-state index is 5.38. The summed E-state index contributed by atoms with van der Waals surface area (Å²) in [5, 5.41) is 0. The van der Waals surface area contributed by atoms with Crippen LogP contribution in [-0.4, -0.2) is 19.5 Å². The van der Waals surface area contributed by atoms with Gasteiger partial charge >= 0.3 is 0 Å². The van der Waals surface area contributed by atoms with Crippen LogP contribution < -0.4 is 0 Å². The minimum Gasteiger partial charge on any atom is -0.349 e. The summed E-state index contributed by atoms with van der Waals surface area (Å²) in [6.45, 7) is 9.02. The van der Waals surface area contributed by atoms with Gasteiger partial charge in [0.25, 0.3) is 0 Å². The van der Waals surface area contributed by atoms with Crippen molar-refractivity contribution >= 4 is 0 Å². The molecular weight excluding hydrogens is 188 g/mol. The van der Waals surface area contributed by atoms with E-state index in [1.54, 1.807) is 0 Å². The Bertz CT molecular complexity index is 158. The van der Waals surface area contributed by atoms with Crippen LogP contribution >= 0.6 is 0 Å². The lowest BCUT2D eigenvalue weighted by Gasteiger charge is -2.12. The fourth-order valence-corrected chi connectivity index (χ4v) is 1.25. The zero-order chi connectivity index (χ0) is 11.4. The van der Waals surface area contributed by atoms with Crippen molar-refractivity contribution < 1.29 is 9.47 Å². The summed E-state index contributed by atoms with van der Waals surface area (Å²) in [7, 11) is 0. The van der Waals surface area contributed by atoms with Crippen LogP contribution in [0.4, 0.5) is 0 Å². The molecule has 0 amide bonds. The molecule has 0 aromatic heterocycles. The maximum atomic E-state index is 5.38. The molecule has 0 fully saturated rings. The van der Waals surface area contributed by atoms with Crippen LogP contribution in [0.2, 0.25) is 0 Å². The molecule has 0 radical (unpaired) electrons. The van der Waals surface area contributed by atoms with E-state index in [-0.39, 0.29) is 6.29 Å². The standard InChI is InChI=1S/C13H24O2/c1-4-7-8-9-10-11-12-13(14-5-2)15-6-3/h4,11-13H,1,5-10H2,2-3H3/b12-11+. The quantitative estimate of drug-likeness (QED) is 0.312. The van der Waals surface area contributed by atoms with Gasteiger partial charge in [0, 0.05) is 13.2 Å². The lowest BCUT2D eigenvalue weighted by molar-refractivity contribution is -0.104. The highest BCUT2D eigenvalue weighted by molar-refractivity contribution is 4.85. The van der Waals surface area contributed by atoms with Gasteiger partial charge in [-0.05, 0) is 45.6 Å². The number of ether oxygens (including phenoxy) is 2. The van der Waals surface area contributed by atoms with Crippen LogP contribution in [0.15, 0.2) is 24.8 Å². The summed E-state index contributed by atoms with van der Waals surface area (Å²) in [6, 6.07) is 0. The molecule has 0 aliphatic heterocycles. The Hall–Kier alpha value is -0.600. The van der Waals surface area contributed by atoms with E-state index < -0.39 is 0 Å². The molecular formula is C13H24O2. The fraction of sp³-hybridized carbons (Fsp3) is 0.692. The van der Waals surface area contributed by atoms with Crippen molar-refractivity contribution in [3.05, 3.63) is 24.8 Å². The molecule has 0 aromatic rings. The van der Waals surface area contributed by atoms with Crippen molar-refractivity contribution in [1.29, 1.82) is 0 Å². The minimum absolute atomic E-state index is 0.167. The molecule has 0 unspecified atom stereocenters. The molecule has 15 heavy (non-hydrogen) atoms. The van der Waals surface area contributed by atoms with E-state index in [0.29, 0.717) is 13.2 Å². The Morgan fingerprint density at radius 2 is 1.67 bits per heavy atom. The lowest BCUT2D eigenvalue weighted by Crippen LogP contribution is -2.14. The van der Waals surface area contributed by atoms with Gasteiger partial charge in [-0.2, -0.15) is 0 Å². The monoisotopic (exact) mass is 212 g/mol. The third-order valence-corrected chi connectivity index (χ3v) is 1.98. The number of allylic oxidation sites excluding steroid dienone is 2. The van der Waals surface area contributed by atoms with Gasteiger partial charge in [0.1, 0.15) is 0 Å². The van der Waals surface area contributed by atoms with E-state index in [4.69, 9.17) is 9.47 Å². The Balaban J connectivity index is 3.54. The molecule has 0 aliphatic carbocycles. The predicted octanol–water partition coefficient (Wildman–Crippen LogP) is 3.69. The maximum Gasteiger partial charge on any atom is 0.176 e. The van der Waals surface area contributed by atoms with Crippen molar-refractivity contribution in [1.82, 2.24) is 0 Å². The SMILES string of the molecule is C=CCCCC/C=C/C(OCC)OCC. The van der Waals surface area contributed by atoms with Crippen LogP contribution in [-0.2, 0) is 9.47 Å². The first kappa shape index (κ1) is 14.4. The molecule has 0 rings (SSSR count). The van der Waals surface area contributed by atoms with Gasteiger partial charge in [-0.25, -0.2) is 0 Å². The van der Waals surface area contributed by atoms with E-state index in [1.165, 1.54) is 12.8 Å². The zero-order valence-electron chi connectivity index (χ0n) is 10.1. The number of hydrogen-bond donors (Lipinski definition) is 0. The number of unbranched alkanes of at least 4 members (excludes halogenated alkanes) is 3. The van der Waals surface area contributed by atoms with E-state index in [9.17, 15) is 0 Å². The predicted molar refractivity (Wildman–Crippen MR) is 64.8 cm³/mol. The minimum atomic E-state index is -0.167. The highest BCUT2D eigenvalue weighted by Gasteiger charge is 2.00. The van der Waals surface area contributed by atoms with Crippen molar-refractivity contribution in [3.8, 4) is 0 Å². The molecule has 0 N–H and O–H groups in total. The molecule has 0 aromatic carbocycles. The van der Waals surface area contributed by atoms with E-state index in [1.807, 2.05) is 26.0 Å². The van der Waals surface area contributed by atoms with E-state index >= 15 is 0 Å². The Kier molecular flexibility index (Phi) is 11.0. The molecule has 0 heterocycles. The van der Waals surface area contributed by atoms with Gasteiger partial charge in [0.2, 0.25) is 0 Å². The smallest absolute Gasteiger partial charge is 0.176 e. The molecule has 88 valence electrons. The summed E-state index contributed by atoms with van der Waals surface area (Å²) in [5.74, 6) is 0. The van der Waals surface area contributed by atoms with Crippen LogP contribution in [0, 0.1) is 0 Å². The molecule has 0 atom stereocenters. The summed E-state index contributed by atoms with van der Waals surface area (Å²) in [5.41, 5.74) is 0. The lowest BCUT2D eigenvalue weighted by atomic mass is 10.2. The Labute approximate surface area is 94.0 Å². The van der Waals surface area contributed by atoms with Crippen molar-refractivity contribution in [2.75, 3.05) is 13.2 Å². The first-order valence-electron chi connectivity index (χ1n) is 5.85. The third kappa shape index (κ3) is 9.70. The van der Waals surface area contributed by atoms with Gasteiger partial charge in [0.05, 0.1) is 0 Å². The molecule has 0 aliphatic rings. The van der Waals surface area contributed by atoms with E-state index in [2.05, 4.69) is 12.7 Å². The highest BCUT2D eigenvalue weighted by Crippen LogP contribution is 2.03. The second-order valence-electron chi connectivity index (χ2n) is 3.28. The molecule has 0 bridgehead atoms. The van der Waals surface area contributed by atoms with Gasteiger partial charge < -0.3 is 9.47 Å². The normalized spacial score (nSPS) is 11.4. The third-order valence-electron chi connectivity index (χ3n) is 1.98. The molecule has 0 saturated heterocycles.